The van der Waals surface area contributed by atoms with Crippen LogP contribution in [-0.4, -0.2) is 34.0 Å². The normalized spacial score (nSPS) is 25.4. The van der Waals surface area contributed by atoms with E-state index in [2.05, 4.69) is 4.98 Å². The number of hydrogen-bond acceptors (Lipinski definition) is 6. The summed E-state index contributed by atoms with van der Waals surface area (Å²) in [4.78, 5) is 47.1. The van der Waals surface area contributed by atoms with Crippen molar-refractivity contribution in [3.63, 3.8) is 0 Å². The van der Waals surface area contributed by atoms with Gasteiger partial charge in [0.15, 0.2) is 12.4 Å². The van der Waals surface area contributed by atoms with Crippen LogP contribution < -0.4 is 11.2 Å². The Morgan fingerprint density at radius 1 is 1.55 bits per heavy atom. The number of carbonyl (C=O) groups is 2. The topological polar surface area (TPSA) is 107 Å². The highest BCUT2D eigenvalue weighted by atomic mass is 16.6. The molecule has 0 bridgehead atoms. The molecule has 1 N–H and O–H groups in total. The van der Waals surface area contributed by atoms with Gasteiger partial charge in [-0.2, -0.15) is 0 Å². The van der Waals surface area contributed by atoms with Gasteiger partial charge in [0.2, 0.25) is 0 Å². The van der Waals surface area contributed by atoms with Gasteiger partial charge >= 0.3 is 11.7 Å². The Bertz CT molecular complexity index is 646. The molecule has 1 aromatic heterocycles. The minimum absolute atomic E-state index is 0.161. The van der Waals surface area contributed by atoms with E-state index in [1.165, 1.54) is 17.7 Å². The number of hydrogen-bond donors (Lipinski definition) is 1. The number of nitrogens with one attached hydrogen (secondary N) is 1. The molecule has 2 rings (SSSR count). The quantitative estimate of drug-likeness (QED) is 0.578. The molecule has 1 aliphatic heterocycles. The van der Waals surface area contributed by atoms with Crippen LogP contribution in [0.4, 0.5) is 0 Å². The third-order valence-corrected chi connectivity index (χ3v) is 3.02. The summed E-state index contributed by atoms with van der Waals surface area (Å²) in [6, 6.07) is 0. The van der Waals surface area contributed by atoms with Gasteiger partial charge in [-0.3, -0.25) is 19.1 Å². The summed E-state index contributed by atoms with van der Waals surface area (Å²) in [6.07, 6.45) is -0.398. The molecule has 1 saturated heterocycles. The molecule has 1 aliphatic rings. The number of aromatic nitrogens is 2. The Morgan fingerprint density at radius 3 is 2.85 bits per heavy atom. The first-order valence-electron chi connectivity index (χ1n) is 6.02. The molecule has 20 heavy (non-hydrogen) atoms. The lowest BCUT2D eigenvalue weighted by Gasteiger charge is -2.13. The summed E-state index contributed by atoms with van der Waals surface area (Å²) in [5.74, 6) is -0.531. The lowest BCUT2D eigenvalue weighted by atomic mass is 10.2. The highest BCUT2D eigenvalue weighted by molar-refractivity contribution is 5.67. The molecule has 0 spiro atoms. The van der Waals surface area contributed by atoms with Gasteiger partial charge in [-0.05, 0) is 6.92 Å². The van der Waals surface area contributed by atoms with Gasteiger partial charge < -0.3 is 14.3 Å². The van der Waals surface area contributed by atoms with Crippen molar-refractivity contribution in [2.45, 2.75) is 38.7 Å². The SMILES string of the molecule is CC(=O)O[C@H]1C[C@H](n2cc(C)c(=O)[nH]c2=O)O[C@@H]1C=O. The van der Waals surface area contributed by atoms with Crippen LogP contribution >= 0.6 is 0 Å². The molecule has 3 atom stereocenters. The molecule has 108 valence electrons. The van der Waals surface area contributed by atoms with Crippen molar-refractivity contribution in [2.24, 2.45) is 0 Å². The number of ether oxygens (including phenoxy) is 2. The van der Waals surface area contributed by atoms with Gasteiger partial charge in [0.1, 0.15) is 12.3 Å². The van der Waals surface area contributed by atoms with E-state index in [0.29, 0.717) is 11.8 Å². The predicted octanol–water partition coefficient (Wildman–Crippen LogP) is -0.737. The van der Waals surface area contributed by atoms with Crippen LogP contribution in [0.3, 0.4) is 0 Å². The molecular formula is C12H14N2O6. The van der Waals surface area contributed by atoms with Gasteiger partial charge in [-0.1, -0.05) is 0 Å². The van der Waals surface area contributed by atoms with Crippen LogP contribution in [0.5, 0.6) is 0 Å². The summed E-state index contributed by atoms with van der Waals surface area (Å²) in [6.45, 7) is 2.77. The van der Waals surface area contributed by atoms with E-state index < -0.39 is 35.7 Å². The molecule has 0 unspecified atom stereocenters. The van der Waals surface area contributed by atoms with Gasteiger partial charge in [0.25, 0.3) is 5.56 Å². The van der Waals surface area contributed by atoms with Crippen molar-refractivity contribution in [3.8, 4) is 0 Å². The van der Waals surface area contributed by atoms with Gasteiger partial charge in [0.05, 0.1) is 0 Å². The highest BCUT2D eigenvalue weighted by Crippen LogP contribution is 2.28. The number of aldehydes is 1. The Labute approximate surface area is 113 Å². The van der Waals surface area contributed by atoms with E-state index >= 15 is 0 Å². The Hall–Kier alpha value is -2.22. The van der Waals surface area contributed by atoms with E-state index in [1.807, 2.05) is 0 Å². The molecule has 2 heterocycles. The Morgan fingerprint density at radius 2 is 2.25 bits per heavy atom. The zero-order valence-corrected chi connectivity index (χ0v) is 11.0. The number of nitrogens with zero attached hydrogens (tertiary/aromatic N) is 1. The van der Waals surface area contributed by atoms with E-state index in [1.54, 1.807) is 6.92 Å². The lowest BCUT2D eigenvalue weighted by Crippen LogP contribution is -2.33. The van der Waals surface area contributed by atoms with E-state index in [0.717, 1.165) is 0 Å². The predicted molar refractivity (Wildman–Crippen MR) is 66.2 cm³/mol. The van der Waals surface area contributed by atoms with Crippen LogP contribution in [0.15, 0.2) is 15.8 Å². The van der Waals surface area contributed by atoms with Crippen LogP contribution in [0.25, 0.3) is 0 Å². The van der Waals surface area contributed by atoms with Gasteiger partial charge in [-0.15, -0.1) is 0 Å². The fraction of sp³-hybridized carbons (Fsp3) is 0.500. The molecular weight excluding hydrogens is 268 g/mol. The third-order valence-electron chi connectivity index (χ3n) is 3.02. The van der Waals surface area contributed by atoms with E-state index in [-0.39, 0.29) is 6.42 Å². The third kappa shape index (κ3) is 2.69. The van der Waals surface area contributed by atoms with Crippen molar-refractivity contribution in [3.05, 3.63) is 32.6 Å². The largest absolute Gasteiger partial charge is 0.459 e. The van der Waals surface area contributed by atoms with E-state index in [4.69, 9.17) is 9.47 Å². The number of aryl methyl sites for hydroxylation is 1. The summed E-state index contributed by atoms with van der Waals surface area (Å²) in [7, 11) is 0. The molecule has 0 aromatic carbocycles. The summed E-state index contributed by atoms with van der Waals surface area (Å²) in [5, 5.41) is 0. The molecule has 8 heteroatoms. The Balaban J connectivity index is 2.29. The minimum atomic E-state index is -0.928. The standard InChI is InChI=1S/C12H14N2O6/c1-6-4-14(12(18)13-11(6)17)10-3-8(19-7(2)16)9(5-15)20-10/h4-5,8-10H,3H2,1-2H3,(H,13,17,18)/t8-,9+,10+/m0/s1. The molecule has 8 nitrogen and oxygen atoms in total. The van der Waals surface area contributed by atoms with Gasteiger partial charge in [-0.25, -0.2) is 4.79 Å². The fourth-order valence-electron chi connectivity index (χ4n) is 2.08. The first kappa shape index (κ1) is 14.2. The maximum atomic E-state index is 11.7. The molecule has 1 aromatic rings. The zero-order chi connectivity index (χ0) is 14.9. The molecule has 0 radical (unpaired) electrons. The average molecular weight is 282 g/mol. The number of carbonyl (C=O) groups excluding carboxylic acids is 2. The second kappa shape index (κ2) is 5.41. The fourth-order valence-corrected chi connectivity index (χ4v) is 2.08. The van der Waals surface area contributed by atoms with Crippen molar-refractivity contribution in [1.29, 1.82) is 0 Å². The van der Waals surface area contributed by atoms with Crippen molar-refractivity contribution >= 4 is 12.3 Å². The lowest BCUT2D eigenvalue weighted by molar-refractivity contribution is -0.150. The second-order valence-electron chi connectivity index (χ2n) is 4.55. The maximum Gasteiger partial charge on any atom is 0.330 e. The summed E-state index contributed by atoms with van der Waals surface area (Å²) < 4.78 is 11.5. The summed E-state index contributed by atoms with van der Waals surface area (Å²) >= 11 is 0. The van der Waals surface area contributed by atoms with Crippen molar-refractivity contribution in [2.75, 3.05) is 0 Å². The number of aromatic amines is 1. The minimum Gasteiger partial charge on any atom is -0.459 e. The molecule has 0 aliphatic carbocycles. The van der Waals surface area contributed by atoms with Crippen LogP contribution in [0, 0.1) is 6.92 Å². The molecule has 0 amide bonds. The van der Waals surface area contributed by atoms with E-state index in [9.17, 15) is 19.2 Å². The number of H-pyrrole nitrogens is 1. The first-order chi connectivity index (χ1) is 9.42. The molecule has 1 fully saturated rings. The van der Waals surface area contributed by atoms with Crippen molar-refractivity contribution < 1.29 is 19.1 Å². The van der Waals surface area contributed by atoms with Crippen molar-refractivity contribution in [1.82, 2.24) is 9.55 Å². The highest BCUT2D eigenvalue weighted by Gasteiger charge is 2.38. The van der Waals surface area contributed by atoms with Crippen LogP contribution in [-0.2, 0) is 19.1 Å². The zero-order valence-electron chi connectivity index (χ0n) is 11.0. The summed E-state index contributed by atoms with van der Waals surface area (Å²) in [5.41, 5.74) is -0.779. The molecule has 0 saturated carbocycles. The van der Waals surface area contributed by atoms with Gasteiger partial charge in [0, 0.05) is 25.1 Å². The second-order valence-corrected chi connectivity index (χ2v) is 4.55. The Kier molecular flexibility index (Phi) is 3.84. The maximum absolute atomic E-state index is 11.7. The number of esters is 1. The average Bonchev–Trinajstić information content (AvgIpc) is 2.75. The van der Waals surface area contributed by atoms with Crippen LogP contribution in [0.2, 0.25) is 0 Å². The smallest absolute Gasteiger partial charge is 0.330 e. The van der Waals surface area contributed by atoms with Crippen LogP contribution in [0.1, 0.15) is 25.1 Å². The number of rotatable bonds is 3. The monoisotopic (exact) mass is 282 g/mol. The first-order valence-corrected chi connectivity index (χ1v) is 6.02.